The Bertz CT molecular complexity index is 1520. The number of aliphatic hydroxyl groups excluding tert-OH is 1. The Morgan fingerprint density at radius 2 is 1.80 bits per heavy atom. The molecule has 0 radical (unpaired) electrons. The van der Waals surface area contributed by atoms with Crippen LogP contribution in [0.1, 0.15) is 11.1 Å². The fourth-order valence-corrected chi connectivity index (χ4v) is 4.82. The zero-order chi connectivity index (χ0) is 21.6. The summed E-state index contributed by atoms with van der Waals surface area (Å²) in [4.78, 5) is 17.4. The standard InChI is InChI=1S/C21H20N4O4S/c1-13-5-7-15(8-6-13)30(28,29)17-12-16-20(24(10-11-26)18(17)22)23-19-14(2)4-3-9-25(19)21(16)27/h3-9,12,22,26H,10-11H2,1-2H3. The van der Waals surface area contributed by atoms with Crippen LogP contribution in [0.5, 0.6) is 0 Å². The third kappa shape index (κ3) is 3.03. The molecular weight excluding hydrogens is 404 g/mol. The molecule has 0 atom stereocenters. The van der Waals surface area contributed by atoms with E-state index in [0.29, 0.717) is 5.65 Å². The molecule has 154 valence electrons. The number of aryl methyl sites for hydroxylation is 2. The predicted molar refractivity (Wildman–Crippen MR) is 111 cm³/mol. The Hall–Kier alpha value is -3.30. The molecule has 3 aromatic heterocycles. The highest BCUT2D eigenvalue weighted by Gasteiger charge is 2.24. The molecule has 8 nitrogen and oxygen atoms in total. The number of sulfone groups is 1. The Labute approximate surface area is 172 Å². The molecule has 0 aliphatic heterocycles. The molecule has 0 aliphatic carbocycles. The topological polar surface area (TPSA) is 118 Å². The van der Waals surface area contributed by atoms with Crippen LogP contribution in [0.25, 0.3) is 16.7 Å². The zero-order valence-corrected chi connectivity index (χ0v) is 17.3. The third-order valence-corrected chi connectivity index (χ3v) is 6.83. The number of hydrogen-bond donors (Lipinski definition) is 2. The largest absolute Gasteiger partial charge is 0.395 e. The predicted octanol–water partition coefficient (Wildman–Crippen LogP) is 1.57. The van der Waals surface area contributed by atoms with Gasteiger partial charge in [-0.3, -0.25) is 14.6 Å². The number of rotatable bonds is 4. The lowest BCUT2D eigenvalue weighted by Gasteiger charge is -2.15. The lowest BCUT2D eigenvalue weighted by atomic mass is 10.2. The molecule has 0 unspecified atom stereocenters. The van der Waals surface area contributed by atoms with Crippen molar-refractivity contribution in [1.82, 2.24) is 14.0 Å². The number of nitrogens with zero attached hydrogens (tertiary/aromatic N) is 3. The first-order valence-electron chi connectivity index (χ1n) is 9.28. The van der Waals surface area contributed by atoms with Gasteiger partial charge in [-0.25, -0.2) is 13.4 Å². The van der Waals surface area contributed by atoms with Gasteiger partial charge in [-0.1, -0.05) is 23.8 Å². The van der Waals surface area contributed by atoms with Gasteiger partial charge in [0.15, 0.2) is 0 Å². The number of hydrogen-bond acceptors (Lipinski definition) is 6. The Kier molecular flexibility index (Phi) is 4.79. The van der Waals surface area contributed by atoms with E-state index in [4.69, 9.17) is 5.41 Å². The molecule has 3 heterocycles. The summed E-state index contributed by atoms with van der Waals surface area (Å²) in [5, 5.41) is 18.1. The second-order valence-electron chi connectivity index (χ2n) is 7.09. The highest BCUT2D eigenvalue weighted by atomic mass is 32.2. The number of fused-ring (bicyclic) bond motifs is 2. The average molecular weight is 424 g/mol. The minimum Gasteiger partial charge on any atom is -0.395 e. The van der Waals surface area contributed by atoms with Crippen molar-refractivity contribution in [2.75, 3.05) is 6.61 Å². The van der Waals surface area contributed by atoms with Gasteiger partial charge in [0.1, 0.15) is 21.7 Å². The molecule has 0 aliphatic rings. The first-order chi connectivity index (χ1) is 14.3. The summed E-state index contributed by atoms with van der Waals surface area (Å²) in [5.74, 6) is 0. The number of aliphatic hydroxyl groups is 1. The summed E-state index contributed by atoms with van der Waals surface area (Å²) in [5.41, 5.74) is 1.47. The van der Waals surface area contributed by atoms with E-state index in [2.05, 4.69) is 4.98 Å². The third-order valence-electron chi connectivity index (χ3n) is 5.04. The van der Waals surface area contributed by atoms with Gasteiger partial charge in [0, 0.05) is 12.7 Å². The molecule has 4 aromatic rings. The Morgan fingerprint density at radius 1 is 1.10 bits per heavy atom. The highest BCUT2D eigenvalue weighted by molar-refractivity contribution is 7.91. The van der Waals surface area contributed by atoms with Gasteiger partial charge < -0.3 is 9.67 Å². The lowest BCUT2D eigenvalue weighted by molar-refractivity contribution is 0.274. The summed E-state index contributed by atoms with van der Waals surface area (Å²) in [7, 11) is -4.06. The quantitative estimate of drug-likeness (QED) is 0.482. The summed E-state index contributed by atoms with van der Waals surface area (Å²) >= 11 is 0. The van der Waals surface area contributed by atoms with Crippen molar-refractivity contribution >= 4 is 26.5 Å². The molecule has 0 saturated carbocycles. The number of pyridine rings is 2. The van der Waals surface area contributed by atoms with Gasteiger partial charge in [-0.2, -0.15) is 0 Å². The lowest BCUT2D eigenvalue weighted by Crippen LogP contribution is -2.31. The highest BCUT2D eigenvalue weighted by Crippen LogP contribution is 2.21. The Morgan fingerprint density at radius 3 is 2.47 bits per heavy atom. The van der Waals surface area contributed by atoms with E-state index in [9.17, 15) is 18.3 Å². The maximum absolute atomic E-state index is 13.3. The minimum absolute atomic E-state index is 0.0289. The van der Waals surface area contributed by atoms with Crippen molar-refractivity contribution in [2.24, 2.45) is 0 Å². The average Bonchev–Trinajstić information content (AvgIpc) is 2.71. The van der Waals surface area contributed by atoms with Gasteiger partial charge in [0.2, 0.25) is 9.84 Å². The van der Waals surface area contributed by atoms with Crippen molar-refractivity contribution in [3.8, 4) is 0 Å². The molecule has 2 N–H and O–H groups in total. The van der Waals surface area contributed by atoms with Crippen molar-refractivity contribution in [3.05, 3.63) is 75.6 Å². The normalized spacial score (nSPS) is 12.0. The minimum atomic E-state index is -4.06. The maximum atomic E-state index is 13.3. The van der Waals surface area contributed by atoms with Crippen LogP contribution in [0.15, 0.2) is 63.2 Å². The fourth-order valence-electron chi connectivity index (χ4n) is 3.44. The first kappa shape index (κ1) is 20.0. The molecule has 0 amide bonds. The molecule has 0 bridgehead atoms. The first-order valence-corrected chi connectivity index (χ1v) is 10.8. The van der Waals surface area contributed by atoms with Crippen molar-refractivity contribution < 1.29 is 13.5 Å². The summed E-state index contributed by atoms with van der Waals surface area (Å²) in [6, 6.07) is 11.0. The van der Waals surface area contributed by atoms with Crippen LogP contribution in [-0.4, -0.2) is 34.1 Å². The van der Waals surface area contributed by atoms with Crippen LogP contribution in [-0.2, 0) is 16.4 Å². The van der Waals surface area contributed by atoms with Crippen LogP contribution in [0.2, 0.25) is 0 Å². The van der Waals surface area contributed by atoms with Gasteiger partial charge in [0.25, 0.3) is 5.56 Å². The SMILES string of the molecule is Cc1ccc(S(=O)(=O)c2cc3c(=O)n4cccc(C)c4nc3n(CCO)c2=N)cc1. The molecule has 0 saturated heterocycles. The van der Waals surface area contributed by atoms with Crippen LogP contribution in [0.4, 0.5) is 0 Å². The van der Waals surface area contributed by atoms with Crippen LogP contribution in [0.3, 0.4) is 0 Å². The van der Waals surface area contributed by atoms with Gasteiger partial charge in [-0.05, 0) is 43.7 Å². The summed E-state index contributed by atoms with van der Waals surface area (Å²) < 4.78 is 29.2. The molecule has 30 heavy (non-hydrogen) atoms. The number of aromatic nitrogens is 3. The van der Waals surface area contributed by atoms with Crippen LogP contribution < -0.4 is 11.0 Å². The smallest absolute Gasteiger partial charge is 0.267 e. The molecule has 0 fully saturated rings. The van der Waals surface area contributed by atoms with Crippen molar-refractivity contribution in [2.45, 2.75) is 30.2 Å². The van der Waals surface area contributed by atoms with Gasteiger partial charge in [0.05, 0.1) is 16.9 Å². The second kappa shape index (κ2) is 7.19. The second-order valence-corrected chi connectivity index (χ2v) is 9.01. The van der Waals surface area contributed by atoms with E-state index in [0.717, 1.165) is 11.1 Å². The van der Waals surface area contributed by atoms with Crippen LogP contribution >= 0.6 is 0 Å². The summed E-state index contributed by atoms with van der Waals surface area (Å²) in [6.07, 6.45) is 1.57. The maximum Gasteiger partial charge on any atom is 0.267 e. The molecule has 9 heteroatoms. The van der Waals surface area contributed by atoms with E-state index in [-0.39, 0.29) is 39.5 Å². The molecule has 0 spiro atoms. The van der Waals surface area contributed by atoms with Crippen molar-refractivity contribution in [1.29, 1.82) is 5.41 Å². The monoisotopic (exact) mass is 424 g/mol. The molecular formula is C21H20N4O4S. The van der Waals surface area contributed by atoms with E-state index in [1.807, 2.05) is 19.9 Å². The van der Waals surface area contributed by atoms with Crippen LogP contribution in [0, 0.1) is 19.3 Å². The number of benzene rings is 1. The fraction of sp³-hybridized carbons (Fsp3) is 0.190. The van der Waals surface area contributed by atoms with Gasteiger partial charge >= 0.3 is 0 Å². The summed E-state index contributed by atoms with van der Waals surface area (Å²) in [6.45, 7) is 3.24. The van der Waals surface area contributed by atoms with E-state index >= 15 is 0 Å². The molecule has 4 rings (SSSR count). The zero-order valence-electron chi connectivity index (χ0n) is 16.5. The Balaban J connectivity index is 2.15. The molecule has 1 aromatic carbocycles. The van der Waals surface area contributed by atoms with E-state index in [1.54, 1.807) is 24.4 Å². The van der Waals surface area contributed by atoms with E-state index < -0.39 is 15.4 Å². The van der Waals surface area contributed by atoms with E-state index in [1.165, 1.54) is 27.2 Å². The van der Waals surface area contributed by atoms with Crippen molar-refractivity contribution in [3.63, 3.8) is 0 Å². The van der Waals surface area contributed by atoms with Gasteiger partial charge in [-0.15, -0.1) is 0 Å². The number of nitrogens with one attached hydrogen (secondary N) is 1.